The van der Waals surface area contributed by atoms with Crippen molar-refractivity contribution < 1.29 is 28.6 Å². The molecule has 0 amide bonds. The van der Waals surface area contributed by atoms with Crippen LogP contribution in [0.1, 0.15) is 323 Å². The quantitative estimate of drug-likeness (QED) is 0.0261. The third-order valence-corrected chi connectivity index (χ3v) is 14.3. The summed E-state index contributed by atoms with van der Waals surface area (Å²) in [6, 6.07) is 0. The van der Waals surface area contributed by atoms with Crippen molar-refractivity contribution in [1.82, 2.24) is 0 Å². The SMILES string of the molecule is CC/C=C\C/C=C\C/C=C\C/C=C\CCCCCCCCCCCCCCCCCCCCC(=O)OCC(COC(=O)CC/C=C\C/C=C\C/C=C\C/C=C\CC)OC(=O)CCCCCCCCCCCCCCCCCC. The van der Waals surface area contributed by atoms with Gasteiger partial charge in [0.25, 0.3) is 0 Å². The normalized spacial score (nSPS) is 12.7. The average Bonchev–Trinajstić information content (AvgIpc) is 3.44. The third-order valence-electron chi connectivity index (χ3n) is 14.3. The van der Waals surface area contributed by atoms with E-state index < -0.39 is 6.10 Å². The van der Waals surface area contributed by atoms with Crippen LogP contribution in [0, 0.1) is 0 Å². The van der Waals surface area contributed by atoms with E-state index in [0.717, 1.165) is 89.9 Å². The molecular weight excluding hydrogens is 961 g/mol. The predicted octanol–water partition coefficient (Wildman–Crippen LogP) is 22.8. The summed E-state index contributed by atoms with van der Waals surface area (Å²) in [5.41, 5.74) is 0. The molecule has 0 bridgehead atoms. The Morgan fingerprint density at radius 1 is 0.269 bits per heavy atom. The van der Waals surface area contributed by atoms with Crippen molar-refractivity contribution in [2.24, 2.45) is 0 Å². The standard InChI is InChI=1S/C72H124O6/c1-4-7-10-13-16-19-22-25-27-29-30-31-32-33-34-35-36-37-38-39-40-41-42-43-45-47-50-53-56-59-62-65-71(74)77-68-69(67-76-70(73)64-61-58-55-52-49-46-24-21-18-15-12-9-6-3)78-72(75)66-63-60-57-54-51-48-44-28-26-23-20-17-14-11-8-5-2/h7,9-10,12,16,18-19,21,25,27,30-31,46,49,55,58,69H,4-6,8,11,13-15,17,20,22-24,26,28-29,32-45,47-48,50-54,56-57,59-68H2,1-3H3/b10-7-,12-9-,19-16-,21-18-,27-25-,31-30-,49-46-,58-55-. The monoisotopic (exact) mass is 1080 g/mol. The molecule has 0 saturated carbocycles. The summed E-state index contributed by atoms with van der Waals surface area (Å²) < 4.78 is 16.9. The second kappa shape index (κ2) is 65.8. The maximum absolute atomic E-state index is 12.9. The second-order valence-electron chi connectivity index (χ2n) is 22.0. The highest BCUT2D eigenvalue weighted by atomic mass is 16.6. The fourth-order valence-electron chi connectivity index (χ4n) is 9.45. The summed E-state index contributed by atoms with van der Waals surface area (Å²) in [5, 5.41) is 0. The van der Waals surface area contributed by atoms with E-state index in [-0.39, 0.29) is 37.5 Å². The molecule has 0 radical (unpaired) electrons. The molecule has 78 heavy (non-hydrogen) atoms. The highest BCUT2D eigenvalue weighted by Crippen LogP contribution is 2.17. The fraction of sp³-hybridized carbons (Fsp3) is 0.736. The van der Waals surface area contributed by atoms with Crippen LogP contribution in [0.15, 0.2) is 97.2 Å². The number of hydrogen-bond donors (Lipinski definition) is 0. The summed E-state index contributed by atoms with van der Waals surface area (Å²) in [5.74, 6) is -0.965. The molecule has 0 aliphatic carbocycles. The lowest BCUT2D eigenvalue weighted by atomic mass is 10.0. The zero-order valence-electron chi connectivity index (χ0n) is 51.4. The number of rotatable bonds is 60. The number of allylic oxidation sites excluding steroid dienone is 16. The van der Waals surface area contributed by atoms with E-state index in [2.05, 4.69) is 112 Å². The minimum Gasteiger partial charge on any atom is -0.462 e. The zero-order chi connectivity index (χ0) is 56.4. The first-order chi connectivity index (χ1) is 38.5. The van der Waals surface area contributed by atoms with Crippen LogP contribution >= 0.6 is 0 Å². The van der Waals surface area contributed by atoms with Gasteiger partial charge in [-0.1, -0.05) is 317 Å². The van der Waals surface area contributed by atoms with Crippen molar-refractivity contribution in [3.05, 3.63) is 97.2 Å². The van der Waals surface area contributed by atoms with Crippen molar-refractivity contribution in [3.8, 4) is 0 Å². The van der Waals surface area contributed by atoms with Crippen molar-refractivity contribution in [1.29, 1.82) is 0 Å². The molecule has 1 atom stereocenters. The van der Waals surface area contributed by atoms with Crippen LogP contribution in [0.5, 0.6) is 0 Å². The first-order valence-corrected chi connectivity index (χ1v) is 33.2. The van der Waals surface area contributed by atoms with E-state index in [0.29, 0.717) is 19.3 Å². The molecule has 0 aliphatic heterocycles. The van der Waals surface area contributed by atoms with E-state index >= 15 is 0 Å². The van der Waals surface area contributed by atoms with Gasteiger partial charge in [0.05, 0.1) is 0 Å². The van der Waals surface area contributed by atoms with Gasteiger partial charge < -0.3 is 14.2 Å². The molecule has 0 aliphatic rings. The zero-order valence-corrected chi connectivity index (χ0v) is 51.4. The van der Waals surface area contributed by atoms with E-state index in [1.54, 1.807) is 0 Å². The summed E-state index contributed by atoms with van der Waals surface area (Å²) in [6.45, 7) is 6.38. The Morgan fingerprint density at radius 3 is 0.859 bits per heavy atom. The largest absolute Gasteiger partial charge is 0.462 e. The Morgan fingerprint density at radius 2 is 0.526 bits per heavy atom. The first kappa shape index (κ1) is 74.3. The van der Waals surface area contributed by atoms with Crippen LogP contribution in [0.25, 0.3) is 0 Å². The average molecular weight is 1090 g/mol. The number of carbonyl (C=O) groups is 3. The lowest BCUT2D eigenvalue weighted by Gasteiger charge is -2.18. The van der Waals surface area contributed by atoms with Gasteiger partial charge in [0.2, 0.25) is 0 Å². The van der Waals surface area contributed by atoms with Crippen molar-refractivity contribution in [3.63, 3.8) is 0 Å². The molecule has 0 aromatic rings. The molecule has 0 spiro atoms. The summed E-state index contributed by atoms with van der Waals surface area (Å²) in [7, 11) is 0. The Labute approximate surface area is 483 Å². The van der Waals surface area contributed by atoms with Crippen molar-refractivity contribution >= 4 is 17.9 Å². The van der Waals surface area contributed by atoms with Gasteiger partial charge in [-0.15, -0.1) is 0 Å². The van der Waals surface area contributed by atoms with E-state index in [4.69, 9.17) is 14.2 Å². The van der Waals surface area contributed by atoms with Crippen molar-refractivity contribution in [2.75, 3.05) is 13.2 Å². The van der Waals surface area contributed by atoms with Gasteiger partial charge in [-0.25, -0.2) is 0 Å². The van der Waals surface area contributed by atoms with Crippen LogP contribution in [-0.4, -0.2) is 37.2 Å². The lowest BCUT2D eigenvalue weighted by Crippen LogP contribution is -2.30. The van der Waals surface area contributed by atoms with Crippen LogP contribution in [0.2, 0.25) is 0 Å². The van der Waals surface area contributed by atoms with Crippen LogP contribution in [-0.2, 0) is 28.6 Å². The summed E-state index contributed by atoms with van der Waals surface area (Å²) >= 11 is 0. The minimum absolute atomic E-state index is 0.0949. The first-order valence-electron chi connectivity index (χ1n) is 33.2. The second-order valence-corrected chi connectivity index (χ2v) is 22.0. The molecule has 1 unspecified atom stereocenters. The topological polar surface area (TPSA) is 78.9 Å². The van der Waals surface area contributed by atoms with Crippen LogP contribution in [0.4, 0.5) is 0 Å². The smallest absolute Gasteiger partial charge is 0.306 e. The van der Waals surface area contributed by atoms with Gasteiger partial charge in [0, 0.05) is 19.3 Å². The maximum Gasteiger partial charge on any atom is 0.306 e. The van der Waals surface area contributed by atoms with E-state index in [1.165, 1.54) is 186 Å². The number of carbonyl (C=O) groups excluding carboxylic acids is 3. The molecule has 0 fully saturated rings. The highest BCUT2D eigenvalue weighted by molar-refractivity contribution is 5.71. The summed E-state index contributed by atoms with van der Waals surface area (Å²) in [4.78, 5) is 38.2. The van der Waals surface area contributed by atoms with Gasteiger partial charge >= 0.3 is 17.9 Å². The number of hydrogen-bond acceptors (Lipinski definition) is 6. The molecule has 0 N–H and O–H groups in total. The van der Waals surface area contributed by atoms with Gasteiger partial charge in [-0.05, 0) is 83.5 Å². The molecule has 6 heteroatoms. The molecule has 0 heterocycles. The number of ether oxygens (including phenoxy) is 3. The molecule has 0 rings (SSSR count). The van der Waals surface area contributed by atoms with Gasteiger partial charge in [0.1, 0.15) is 13.2 Å². The van der Waals surface area contributed by atoms with Crippen molar-refractivity contribution in [2.45, 2.75) is 329 Å². The molecule has 6 nitrogen and oxygen atoms in total. The van der Waals surface area contributed by atoms with Crippen LogP contribution in [0.3, 0.4) is 0 Å². The van der Waals surface area contributed by atoms with Crippen LogP contribution < -0.4 is 0 Å². The highest BCUT2D eigenvalue weighted by Gasteiger charge is 2.19. The predicted molar refractivity (Wildman–Crippen MR) is 339 cm³/mol. The Bertz CT molecular complexity index is 1530. The number of esters is 3. The van der Waals surface area contributed by atoms with E-state index in [9.17, 15) is 14.4 Å². The van der Waals surface area contributed by atoms with E-state index in [1.807, 2.05) is 6.08 Å². The Hall–Kier alpha value is -3.67. The van der Waals surface area contributed by atoms with Gasteiger partial charge in [0.15, 0.2) is 6.10 Å². The fourth-order valence-corrected chi connectivity index (χ4v) is 9.45. The molecule has 0 aromatic heterocycles. The Balaban J connectivity index is 4.20. The third kappa shape index (κ3) is 63.2. The number of unbranched alkanes of at least 4 members (excludes halogenated alkanes) is 33. The minimum atomic E-state index is -0.804. The molecule has 0 saturated heterocycles. The maximum atomic E-state index is 12.9. The molecular formula is C72H124O6. The van der Waals surface area contributed by atoms with Gasteiger partial charge in [-0.2, -0.15) is 0 Å². The molecule has 448 valence electrons. The van der Waals surface area contributed by atoms with Gasteiger partial charge in [-0.3, -0.25) is 14.4 Å². The Kier molecular flexibility index (Phi) is 62.7. The summed E-state index contributed by atoms with van der Waals surface area (Å²) in [6.07, 6.45) is 88.8. The molecule has 0 aromatic carbocycles. The lowest BCUT2D eigenvalue weighted by molar-refractivity contribution is -0.166.